The Hall–Kier alpha value is -2.41. The molecule has 0 aliphatic carbocycles. The first kappa shape index (κ1) is 20.3. The van der Waals surface area contributed by atoms with Crippen LogP contribution in [0.1, 0.15) is 22.8 Å². The molecule has 0 aliphatic heterocycles. The van der Waals surface area contributed by atoms with Gasteiger partial charge in [-0.25, -0.2) is 4.79 Å². The van der Waals surface area contributed by atoms with Gasteiger partial charge in [-0.15, -0.1) is 11.3 Å². The maximum Gasteiger partial charge on any atom is 0.341 e. The van der Waals surface area contributed by atoms with Crippen LogP contribution < -0.4 is 10.6 Å². The van der Waals surface area contributed by atoms with Crippen molar-refractivity contribution >= 4 is 56.9 Å². The number of aryl methyl sites for hydroxylation is 1. The third-order valence-corrected chi connectivity index (χ3v) is 5.65. The van der Waals surface area contributed by atoms with Crippen molar-refractivity contribution in [2.24, 2.45) is 0 Å². The van der Waals surface area contributed by atoms with E-state index in [1.807, 2.05) is 55.5 Å². The predicted octanol–water partition coefficient (Wildman–Crippen LogP) is 6.36. The second-order valence-electron chi connectivity index (χ2n) is 5.98. The molecule has 0 atom stereocenters. The van der Waals surface area contributed by atoms with Crippen molar-refractivity contribution < 1.29 is 9.53 Å². The number of hydrogen-bond donors (Lipinski definition) is 2. The first-order valence-electron chi connectivity index (χ1n) is 8.68. The Labute approximate surface area is 178 Å². The van der Waals surface area contributed by atoms with Crippen LogP contribution in [0.25, 0.3) is 10.4 Å². The Morgan fingerprint density at radius 1 is 1.14 bits per heavy atom. The summed E-state index contributed by atoms with van der Waals surface area (Å²) in [5.74, 6) is -0.385. The quantitative estimate of drug-likeness (QED) is 0.364. The molecular formula is C21H19ClN2O2S2. The highest BCUT2D eigenvalue weighted by molar-refractivity contribution is 7.80. The molecule has 3 aromatic rings. The molecule has 7 heteroatoms. The van der Waals surface area contributed by atoms with E-state index in [1.54, 1.807) is 13.0 Å². The number of thiocarbonyl (C=S) groups is 1. The normalized spacial score (nSPS) is 10.4. The number of esters is 1. The van der Waals surface area contributed by atoms with E-state index in [4.69, 9.17) is 28.6 Å². The fourth-order valence-electron chi connectivity index (χ4n) is 2.53. The van der Waals surface area contributed by atoms with E-state index in [0.29, 0.717) is 27.3 Å². The Bertz CT molecular complexity index is 1000. The van der Waals surface area contributed by atoms with Crippen LogP contribution in [0.3, 0.4) is 0 Å². The molecule has 0 fully saturated rings. The number of carbonyl (C=O) groups is 1. The highest BCUT2D eigenvalue weighted by atomic mass is 35.5. The standard InChI is InChI=1S/C21H19ClN2O2S2/c1-3-26-20(25)16-12-18(14-7-5-4-6-8-14)28-19(16)24-21(27)23-15-10-9-13(2)17(22)11-15/h4-12H,3H2,1-2H3,(H2,23,24,27). The van der Waals surface area contributed by atoms with E-state index in [-0.39, 0.29) is 5.97 Å². The third kappa shape index (κ3) is 4.90. The van der Waals surface area contributed by atoms with E-state index in [2.05, 4.69) is 10.6 Å². The molecule has 0 saturated carbocycles. The minimum Gasteiger partial charge on any atom is -0.462 e. The van der Waals surface area contributed by atoms with Crippen molar-refractivity contribution in [1.82, 2.24) is 0 Å². The van der Waals surface area contributed by atoms with Gasteiger partial charge < -0.3 is 15.4 Å². The monoisotopic (exact) mass is 430 g/mol. The number of thiophene rings is 1. The number of carbonyl (C=O) groups excluding carboxylic acids is 1. The van der Waals surface area contributed by atoms with E-state index in [0.717, 1.165) is 21.7 Å². The zero-order valence-corrected chi connectivity index (χ0v) is 17.8. The first-order chi connectivity index (χ1) is 13.5. The van der Waals surface area contributed by atoms with Crippen LogP contribution in [-0.4, -0.2) is 17.7 Å². The summed E-state index contributed by atoms with van der Waals surface area (Å²) in [7, 11) is 0. The average Bonchev–Trinajstić information content (AvgIpc) is 3.09. The minimum atomic E-state index is -0.385. The zero-order valence-electron chi connectivity index (χ0n) is 15.4. The molecule has 3 rings (SSSR count). The van der Waals surface area contributed by atoms with Gasteiger partial charge in [0.1, 0.15) is 5.00 Å². The first-order valence-corrected chi connectivity index (χ1v) is 10.3. The summed E-state index contributed by atoms with van der Waals surface area (Å²) < 4.78 is 5.19. The van der Waals surface area contributed by atoms with Crippen molar-refractivity contribution in [3.05, 3.63) is 70.7 Å². The summed E-state index contributed by atoms with van der Waals surface area (Å²) in [4.78, 5) is 13.3. The third-order valence-electron chi connectivity index (χ3n) is 3.94. The highest BCUT2D eigenvalue weighted by Crippen LogP contribution is 2.36. The lowest BCUT2D eigenvalue weighted by atomic mass is 10.1. The number of rotatable bonds is 5. The van der Waals surface area contributed by atoms with E-state index in [1.165, 1.54) is 11.3 Å². The van der Waals surface area contributed by atoms with Crippen molar-refractivity contribution in [2.45, 2.75) is 13.8 Å². The summed E-state index contributed by atoms with van der Waals surface area (Å²) in [5.41, 5.74) is 3.24. The molecule has 0 aliphatic rings. The Balaban J connectivity index is 1.84. The molecule has 1 aromatic heterocycles. The Morgan fingerprint density at radius 3 is 2.57 bits per heavy atom. The number of ether oxygens (including phenoxy) is 1. The molecule has 1 heterocycles. The number of anilines is 2. The van der Waals surface area contributed by atoms with Gasteiger partial charge in [0.05, 0.1) is 12.2 Å². The number of benzene rings is 2. The van der Waals surface area contributed by atoms with E-state index >= 15 is 0 Å². The van der Waals surface area contributed by atoms with Gasteiger partial charge in [-0.05, 0) is 55.4 Å². The van der Waals surface area contributed by atoms with E-state index in [9.17, 15) is 4.79 Å². The lowest BCUT2D eigenvalue weighted by molar-refractivity contribution is 0.0528. The number of nitrogens with one attached hydrogen (secondary N) is 2. The van der Waals surface area contributed by atoms with Gasteiger partial charge in [0.2, 0.25) is 0 Å². The Kier molecular flexibility index (Phi) is 6.67. The topological polar surface area (TPSA) is 50.4 Å². The maximum absolute atomic E-state index is 12.4. The van der Waals surface area contributed by atoms with Crippen molar-refractivity contribution in [1.29, 1.82) is 0 Å². The molecule has 0 amide bonds. The van der Waals surface area contributed by atoms with Crippen LogP contribution in [0.4, 0.5) is 10.7 Å². The van der Waals surface area contributed by atoms with Gasteiger partial charge in [0, 0.05) is 15.6 Å². The fraction of sp³-hybridized carbons (Fsp3) is 0.143. The maximum atomic E-state index is 12.4. The average molecular weight is 431 g/mol. The molecule has 2 N–H and O–H groups in total. The van der Waals surface area contributed by atoms with Crippen LogP contribution >= 0.6 is 35.2 Å². The summed E-state index contributed by atoms with van der Waals surface area (Å²) in [5, 5.41) is 7.87. The van der Waals surface area contributed by atoms with Gasteiger partial charge in [0.25, 0.3) is 0 Å². The molecule has 144 valence electrons. The molecule has 4 nitrogen and oxygen atoms in total. The molecule has 0 unspecified atom stereocenters. The van der Waals surface area contributed by atoms with Gasteiger partial charge in [0.15, 0.2) is 5.11 Å². The van der Waals surface area contributed by atoms with Crippen LogP contribution in [0.5, 0.6) is 0 Å². The molecule has 28 heavy (non-hydrogen) atoms. The lowest BCUT2D eigenvalue weighted by Crippen LogP contribution is -2.20. The SMILES string of the molecule is CCOC(=O)c1cc(-c2ccccc2)sc1NC(=S)Nc1ccc(C)c(Cl)c1. The van der Waals surface area contributed by atoms with Crippen LogP contribution in [0.2, 0.25) is 5.02 Å². The van der Waals surface area contributed by atoms with Gasteiger partial charge in [-0.2, -0.15) is 0 Å². The minimum absolute atomic E-state index is 0.305. The summed E-state index contributed by atoms with van der Waals surface area (Å²) in [6.07, 6.45) is 0. The molecule has 0 radical (unpaired) electrons. The number of halogens is 1. The predicted molar refractivity (Wildman–Crippen MR) is 122 cm³/mol. The van der Waals surface area contributed by atoms with Crippen LogP contribution in [-0.2, 0) is 4.74 Å². The van der Waals surface area contributed by atoms with Crippen molar-refractivity contribution in [2.75, 3.05) is 17.2 Å². The highest BCUT2D eigenvalue weighted by Gasteiger charge is 2.19. The second kappa shape index (κ2) is 9.19. The fourth-order valence-corrected chi connectivity index (χ4v) is 4.05. The van der Waals surface area contributed by atoms with Gasteiger partial charge in [-0.1, -0.05) is 48.0 Å². The molecule has 2 aromatic carbocycles. The number of hydrogen-bond acceptors (Lipinski definition) is 4. The second-order valence-corrected chi connectivity index (χ2v) is 7.85. The van der Waals surface area contributed by atoms with Crippen LogP contribution in [0.15, 0.2) is 54.6 Å². The molecule has 0 spiro atoms. The van der Waals surface area contributed by atoms with Gasteiger partial charge >= 0.3 is 5.97 Å². The smallest absolute Gasteiger partial charge is 0.341 e. The largest absolute Gasteiger partial charge is 0.462 e. The lowest BCUT2D eigenvalue weighted by Gasteiger charge is -2.11. The van der Waals surface area contributed by atoms with Gasteiger partial charge in [-0.3, -0.25) is 0 Å². The van der Waals surface area contributed by atoms with Crippen molar-refractivity contribution in [3.8, 4) is 10.4 Å². The summed E-state index contributed by atoms with van der Waals surface area (Å²) in [6.45, 7) is 4.02. The zero-order chi connectivity index (χ0) is 20.1. The molecular weight excluding hydrogens is 412 g/mol. The van der Waals surface area contributed by atoms with Crippen LogP contribution in [0, 0.1) is 6.92 Å². The summed E-state index contributed by atoms with van der Waals surface area (Å²) in [6, 6.07) is 17.3. The molecule has 0 bridgehead atoms. The summed E-state index contributed by atoms with van der Waals surface area (Å²) >= 11 is 13.0. The van der Waals surface area contributed by atoms with Crippen molar-refractivity contribution in [3.63, 3.8) is 0 Å². The Morgan fingerprint density at radius 2 is 1.89 bits per heavy atom. The van der Waals surface area contributed by atoms with E-state index < -0.39 is 0 Å². The molecule has 0 saturated heterocycles.